The number of ether oxygens (including phenoxy) is 1. The molecule has 1 saturated heterocycles. The summed E-state index contributed by atoms with van der Waals surface area (Å²) in [4.78, 5) is 25.8. The lowest BCUT2D eigenvalue weighted by Gasteiger charge is -2.20. The van der Waals surface area contributed by atoms with Gasteiger partial charge in [0.25, 0.3) is 0 Å². The molecule has 2 unspecified atom stereocenters. The standard InChI is InChI=1S/C23H23FN2O5S/c1-3-25-19-7-5-4-6-17(19)18-12-15(8-10-20(18)25)9-11-22(27)26-14-16(32(24,29)30)13-21(26)23(28)31-2/h4-12,16,21H,3,13-14H2,1-2H3/b11-9+. The molecule has 9 heteroatoms. The van der Waals surface area contributed by atoms with Crippen LogP contribution in [0.1, 0.15) is 18.9 Å². The highest BCUT2D eigenvalue weighted by Gasteiger charge is 2.45. The third-order valence-electron chi connectivity index (χ3n) is 5.95. The number of carbonyl (C=O) groups is 2. The fourth-order valence-corrected chi connectivity index (χ4v) is 5.13. The van der Waals surface area contributed by atoms with Gasteiger partial charge >= 0.3 is 16.2 Å². The smallest absolute Gasteiger partial charge is 0.328 e. The van der Waals surface area contributed by atoms with Crippen LogP contribution in [0.2, 0.25) is 0 Å². The van der Waals surface area contributed by atoms with E-state index in [4.69, 9.17) is 0 Å². The largest absolute Gasteiger partial charge is 0.467 e. The van der Waals surface area contributed by atoms with E-state index in [2.05, 4.69) is 22.3 Å². The number of benzene rings is 2. The number of esters is 1. The molecule has 1 fully saturated rings. The number of nitrogens with zero attached hydrogens (tertiary/aromatic N) is 2. The van der Waals surface area contributed by atoms with Gasteiger partial charge in [0, 0.05) is 41.0 Å². The summed E-state index contributed by atoms with van der Waals surface area (Å²) in [6.07, 6.45) is 2.54. The van der Waals surface area contributed by atoms with Crippen molar-refractivity contribution < 1.29 is 26.6 Å². The third-order valence-corrected chi connectivity index (χ3v) is 7.09. The number of fused-ring (bicyclic) bond motifs is 3. The van der Waals surface area contributed by atoms with Crippen LogP contribution in [-0.2, 0) is 31.1 Å². The van der Waals surface area contributed by atoms with Crippen molar-refractivity contribution in [1.29, 1.82) is 0 Å². The first-order valence-corrected chi connectivity index (χ1v) is 11.7. The Morgan fingerprint density at radius 3 is 2.56 bits per heavy atom. The predicted octanol–water partition coefficient (Wildman–Crippen LogP) is 3.27. The molecular weight excluding hydrogens is 435 g/mol. The van der Waals surface area contributed by atoms with E-state index in [-0.39, 0.29) is 6.42 Å². The van der Waals surface area contributed by atoms with Crippen LogP contribution in [0.15, 0.2) is 48.5 Å². The first-order valence-electron chi connectivity index (χ1n) is 10.3. The zero-order valence-corrected chi connectivity index (χ0v) is 18.5. The maximum absolute atomic E-state index is 13.5. The van der Waals surface area contributed by atoms with Gasteiger partial charge in [-0.3, -0.25) is 4.79 Å². The molecule has 0 bridgehead atoms. The monoisotopic (exact) mass is 458 g/mol. The highest BCUT2D eigenvalue weighted by atomic mass is 32.3. The average molecular weight is 459 g/mol. The number of para-hydroxylation sites is 1. The minimum absolute atomic E-state index is 0.326. The summed E-state index contributed by atoms with van der Waals surface area (Å²) < 4.78 is 43.0. The van der Waals surface area contributed by atoms with Crippen LogP contribution < -0.4 is 0 Å². The molecule has 0 aliphatic carbocycles. The molecule has 0 spiro atoms. The lowest BCUT2D eigenvalue weighted by atomic mass is 10.1. The van der Waals surface area contributed by atoms with Gasteiger partial charge in [-0.15, -0.1) is 3.89 Å². The molecule has 7 nitrogen and oxygen atoms in total. The molecule has 1 amide bonds. The average Bonchev–Trinajstić information content (AvgIpc) is 3.36. The van der Waals surface area contributed by atoms with Crippen molar-refractivity contribution in [3.8, 4) is 0 Å². The van der Waals surface area contributed by atoms with Gasteiger partial charge in [-0.1, -0.05) is 24.3 Å². The zero-order valence-electron chi connectivity index (χ0n) is 17.7. The minimum Gasteiger partial charge on any atom is -0.467 e. The number of halogens is 1. The molecule has 2 atom stereocenters. The number of hydrogen-bond acceptors (Lipinski definition) is 5. The molecular formula is C23H23FN2O5S. The third kappa shape index (κ3) is 3.88. The van der Waals surface area contributed by atoms with Crippen LogP contribution in [0.5, 0.6) is 0 Å². The highest BCUT2D eigenvalue weighted by molar-refractivity contribution is 7.87. The molecule has 32 heavy (non-hydrogen) atoms. The second kappa shape index (κ2) is 8.38. The minimum atomic E-state index is -4.88. The van der Waals surface area contributed by atoms with Crippen LogP contribution in [-0.4, -0.2) is 54.7 Å². The lowest BCUT2D eigenvalue weighted by Crippen LogP contribution is -2.40. The van der Waals surface area contributed by atoms with E-state index in [0.717, 1.165) is 45.9 Å². The van der Waals surface area contributed by atoms with Crippen LogP contribution in [0.4, 0.5) is 3.89 Å². The zero-order chi connectivity index (χ0) is 23.0. The number of aromatic nitrogens is 1. The number of aryl methyl sites for hydroxylation is 1. The molecule has 1 aliphatic heterocycles. The Labute approximate surface area is 185 Å². The van der Waals surface area contributed by atoms with Gasteiger partial charge in [0.05, 0.1) is 7.11 Å². The summed E-state index contributed by atoms with van der Waals surface area (Å²) in [6.45, 7) is 2.50. The second-order valence-corrected chi connectivity index (χ2v) is 9.35. The van der Waals surface area contributed by atoms with E-state index in [0.29, 0.717) is 0 Å². The summed E-state index contributed by atoms with van der Waals surface area (Å²) in [5, 5.41) is 0.710. The van der Waals surface area contributed by atoms with Gasteiger partial charge in [-0.2, -0.15) is 8.42 Å². The van der Waals surface area contributed by atoms with Crippen molar-refractivity contribution in [2.24, 2.45) is 0 Å². The van der Waals surface area contributed by atoms with Crippen molar-refractivity contribution in [3.05, 3.63) is 54.1 Å². The molecule has 2 heterocycles. The van der Waals surface area contributed by atoms with Crippen LogP contribution in [0.3, 0.4) is 0 Å². The summed E-state index contributed by atoms with van der Waals surface area (Å²) in [7, 11) is -3.75. The molecule has 0 saturated carbocycles. The fourth-order valence-electron chi connectivity index (χ4n) is 4.38. The summed E-state index contributed by atoms with van der Waals surface area (Å²) >= 11 is 0. The summed E-state index contributed by atoms with van der Waals surface area (Å²) in [5.41, 5.74) is 2.98. The number of likely N-dealkylation sites (tertiary alicyclic amines) is 1. The Morgan fingerprint density at radius 2 is 1.88 bits per heavy atom. The number of methoxy groups -OCH3 is 1. The molecule has 1 aromatic heterocycles. The Balaban J connectivity index is 1.64. The molecule has 168 valence electrons. The maximum atomic E-state index is 13.5. The molecule has 4 rings (SSSR count). The van der Waals surface area contributed by atoms with Crippen LogP contribution in [0.25, 0.3) is 27.9 Å². The van der Waals surface area contributed by atoms with Crippen molar-refractivity contribution in [3.63, 3.8) is 0 Å². The summed E-state index contributed by atoms with van der Waals surface area (Å²) in [6, 6.07) is 12.8. The Morgan fingerprint density at radius 1 is 1.16 bits per heavy atom. The Hall–Kier alpha value is -3.20. The van der Waals surface area contributed by atoms with E-state index < -0.39 is 39.9 Å². The van der Waals surface area contributed by atoms with Crippen molar-refractivity contribution in [2.45, 2.75) is 31.2 Å². The normalized spacial score (nSPS) is 19.3. The Bertz CT molecular complexity index is 1350. The first-order chi connectivity index (χ1) is 15.2. The van der Waals surface area contributed by atoms with Crippen LogP contribution in [0, 0.1) is 0 Å². The number of rotatable bonds is 5. The summed E-state index contributed by atoms with van der Waals surface area (Å²) in [5.74, 6) is -1.35. The molecule has 3 aromatic rings. The van der Waals surface area contributed by atoms with Crippen molar-refractivity contribution in [2.75, 3.05) is 13.7 Å². The second-order valence-electron chi connectivity index (χ2n) is 7.73. The van der Waals surface area contributed by atoms with Gasteiger partial charge in [0.2, 0.25) is 5.91 Å². The maximum Gasteiger partial charge on any atom is 0.328 e. The lowest BCUT2D eigenvalue weighted by molar-refractivity contribution is -0.149. The van der Waals surface area contributed by atoms with E-state index in [1.807, 2.05) is 36.4 Å². The molecule has 2 aromatic carbocycles. The fraction of sp³-hybridized carbons (Fsp3) is 0.304. The van der Waals surface area contributed by atoms with Gasteiger partial charge in [-0.05, 0) is 43.2 Å². The van der Waals surface area contributed by atoms with E-state index in [1.165, 1.54) is 6.08 Å². The van der Waals surface area contributed by atoms with E-state index in [1.54, 1.807) is 6.08 Å². The number of amides is 1. The SMILES string of the molecule is CCn1c2ccccc2c2cc(/C=C/C(=O)N3CC(S(=O)(=O)F)CC3C(=O)OC)ccc21. The van der Waals surface area contributed by atoms with E-state index >= 15 is 0 Å². The molecule has 0 N–H and O–H groups in total. The quantitative estimate of drug-likeness (QED) is 0.333. The van der Waals surface area contributed by atoms with Gasteiger partial charge < -0.3 is 14.2 Å². The van der Waals surface area contributed by atoms with Crippen molar-refractivity contribution in [1.82, 2.24) is 9.47 Å². The van der Waals surface area contributed by atoms with Crippen LogP contribution >= 0.6 is 0 Å². The van der Waals surface area contributed by atoms with E-state index in [9.17, 15) is 21.9 Å². The molecule has 1 aliphatic rings. The van der Waals surface area contributed by atoms with Crippen molar-refractivity contribution >= 4 is 50.0 Å². The van der Waals surface area contributed by atoms with Gasteiger partial charge in [0.1, 0.15) is 11.3 Å². The topological polar surface area (TPSA) is 85.7 Å². The highest BCUT2D eigenvalue weighted by Crippen LogP contribution is 2.30. The number of carbonyl (C=O) groups excluding carboxylic acids is 2. The molecule has 0 radical (unpaired) electrons. The Kier molecular flexibility index (Phi) is 5.77. The van der Waals surface area contributed by atoms with Gasteiger partial charge in [-0.25, -0.2) is 4.79 Å². The number of hydrogen-bond donors (Lipinski definition) is 0. The van der Waals surface area contributed by atoms with Gasteiger partial charge in [0.15, 0.2) is 0 Å². The predicted molar refractivity (Wildman–Crippen MR) is 120 cm³/mol. The first kappa shape index (κ1) is 22.0.